The fourth-order valence-corrected chi connectivity index (χ4v) is 20.2. The molecule has 0 bridgehead atoms. The maximum Gasteiger partial charge on any atom is 0.0594 e. The molecular formula is C80H160O4P2S. The lowest BCUT2D eigenvalue weighted by Gasteiger charge is -2.25. The molecule has 0 aliphatic carbocycles. The number of hydrogen-bond donors (Lipinski definition) is 0. The summed E-state index contributed by atoms with van der Waals surface area (Å²) in [5, 5.41) is 0. The third kappa shape index (κ3) is 78.1. The average molecular weight is 1280 g/mol. The Hall–Kier alpha value is -0.310. The van der Waals surface area contributed by atoms with Crippen molar-refractivity contribution in [1.82, 2.24) is 0 Å². The zero-order chi connectivity index (χ0) is 64.4. The fraction of sp³-hybridized carbons (Fsp3) is 0.900. The Morgan fingerprint density at radius 1 is 0.207 bits per heavy atom. The lowest BCUT2D eigenvalue weighted by atomic mass is 10.1. The zero-order valence-corrected chi connectivity index (χ0v) is 63.4. The summed E-state index contributed by atoms with van der Waals surface area (Å²) >= 11 is 0. The van der Waals surface area contributed by atoms with E-state index in [0.717, 1.165) is 0 Å². The Morgan fingerprint density at radius 3 is 0.448 bits per heavy atom. The molecule has 0 spiro atoms. The Labute approximate surface area is 552 Å². The standard InChI is InChI=1S/2C40H80P.H2O4S/c2*1-5-9-11-13-15-17-19-21-23-25-27-29-31-33-35-37-39-41(7-3,8-4)40-38-36-34-32-30-28-26-24-22-20-18-16-14-12-10-6-2;1-5(2,3)4/h2*21-24H,5-20,25-40H2,1-4H3;(H2,1,2,3,4)/q2*+1;/p-2. The van der Waals surface area contributed by atoms with Gasteiger partial charge in [0, 0.05) is 24.9 Å². The van der Waals surface area contributed by atoms with Crippen molar-refractivity contribution < 1.29 is 17.5 Å². The molecule has 0 aromatic carbocycles. The molecule has 0 aromatic heterocycles. The third-order valence-corrected chi connectivity index (χ3v) is 29.7. The van der Waals surface area contributed by atoms with Gasteiger partial charge in [-0.3, -0.25) is 8.42 Å². The first-order valence-corrected chi connectivity index (χ1v) is 45.8. The molecule has 0 rings (SSSR count). The van der Waals surface area contributed by atoms with Gasteiger partial charge in [0.05, 0.1) is 49.3 Å². The number of unbranched alkanes of at least 4 members (excludes halogenated alkanes) is 48. The monoisotopic (exact) mass is 1280 g/mol. The molecule has 0 unspecified atom stereocenters. The largest absolute Gasteiger partial charge is 0.759 e. The van der Waals surface area contributed by atoms with E-state index >= 15 is 0 Å². The van der Waals surface area contributed by atoms with Crippen LogP contribution in [0.1, 0.15) is 415 Å². The summed E-state index contributed by atoms with van der Waals surface area (Å²) in [6.07, 6.45) is 112. The fourth-order valence-electron chi connectivity index (χ4n) is 12.7. The molecule has 0 saturated heterocycles. The Balaban J connectivity index is -0.00000150. The van der Waals surface area contributed by atoms with E-state index < -0.39 is 24.9 Å². The maximum atomic E-state index is 8.52. The quantitative estimate of drug-likeness (QED) is 0.0200. The summed E-state index contributed by atoms with van der Waals surface area (Å²) in [5.41, 5.74) is 0. The van der Waals surface area contributed by atoms with Crippen LogP contribution >= 0.6 is 14.5 Å². The molecule has 0 heterocycles. The minimum Gasteiger partial charge on any atom is -0.759 e. The summed E-state index contributed by atoms with van der Waals surface area (Å²) in [7, 11) is -6.47. The van der Waals surface area contributed by atoms with Crippen molar-refractivity contribution in [1.29, 1.82) is 0 Å². The van der Waals surface area contributed by atoms with Crippen molar-refractivity contribution in [2.24, 2.45) is 0 Å². The maximum absolute atomic E-state index is 8.52. The first-order chi connectivity index (χ1) is 42.5. The summed E-state index contributed by atoms with van der Waals surface area (Å²) < 4.78 is 34.1. The highest BCUT2D eigenvalue weighted by Crippen LogP contribution is 2.60. The van der Waals surface area contributed by atoms with Gasteiger partial charge >= 0.3 is 0 Å². The number of hydrogen-bond acceptors (Lipinski definition) is 4. The van der Waals surface area contributed by atoms with Crippen molar-refractivity contribution in [3.63, 3.8) is 0 Å². The first-order valence-electron chi connectivity index (χ1n) is 39.5. The van der Waals surface area contributed by atoms with Gasteiger partial charge in [-0.05, 0) is 182 Å². The third-order valence-electron chi connectivity index (χ3n) is 19.3. The van der Waals surface area contributed by atoms with Crippen LogP contribution in [0.3, 0.4) is 0 Å². The molecule has 4 nitrogen and oxygen atoms in total. The topological polar surface area (TPSA) is 80.3 Å². The van der Waals surface area contributed by atoms with Crippen molar-refractivity contribution in [2.45, 2.75) is 415 Å². The van der Waals surface area contributed by atoms with E-state index in [4.69, 9.17) is 17.5 Å². The summed E-state index contributed by atoms with van der Waals surface area (Å²) in [5.74, 6) is 0. The van der Waals surface area contributed by atoms with Crippen LogP contribution < -0.4 is 0 Å². The molecular weight excluding hydrogens is 1120 g/mol. The molecule has 0 radical (unpaired) electrons. The molecule has 0 aliphatic rings. The SMILES string of the molecule is CCCCCCCCC=CCCCCCCCC[P+](CC)(CC)CCCCCCCCC=CCCCCCCCC.CCCCCCCCC=CCCCCCCCC[P+](CC)(CC)CCCCCCCCC=CCCCCCCCC.O=S(=O)([O-])[O-]. The van der Waals surface area contributed by atoms with E-state index in [9.17, 15) is 0 Å². The lowest BCUT2D eigenvalue weighted by molar-refractivity contribution is 0.352. The Bertz CT molecular complexity index is 1310. The van der Waals surface area contributed by atoms with E-state index in [0.29, 0.717) is 0 Å². The van der Waals surface area contributed by atoms with Crippen LogP contribution in [-0.2, 0) is 10.4 Å². The molecule has 520 valence electrons. The van der Waals surface area contributed by atoms with Crippen LogP contribution in [0, 0.1) is 0 Å². The van der Waals surface area contributed by atoms with Gasteiger partial charge in [0.1, 0.15) is 0 Å². The molecule has 0 atom stereocenters. The van der Waals surface area contributed by atoms with Crippen molar-refractivity contribution in [3.05, 3.63) is 48.6 Å². The first kappa shape index (κ1) is 90.9. The van der Waals surface area contributed by atoms with Crippen molar-refractivity contribution >= 4 is 24.9 Å². The van der Waals surface area contributed by atoms with Gasteiger partial charge in [-0.25, -0.2) is 0 Å². The van der Waals surface area contributed by atoms with E-state index in [1.54, 1.807) is 24.6 Å². The minimum atomic E-state index is -5.17. The second kappa shape index (κ2) is 76.4. The zero-order valence-electron chi connectivity index (χ0n) is 60.8. The van der Waals surface area contributed by atoms with Crippen LogP contribution in [0.2, 0.25) is 0 Å². The average Bonchev–Trinajstić information content (AvgIpc) is 3.63. The minimum absolute atomic E-state index is 0.653. The smallest absolute Gasteiger partial charge is 0.0594 e. The lowest BCUT2D eigenvalue weighted by Crippen LogP contribution is -2.09. The van der Waals surface area contributed by atoms with Gasteiger partial charge in [0.2, 0.25) is 0 Å². The van der Waals surface area contributed by atoms with E-state index in [1.807, 2.05) is 0 Å². The van der Waals surface area contributed by atoms with Crippen LogP contribution in [0.25, 0.3) is 0 Å². The van der Waals surface area contributed by atoms with Crippen LogP contribution in [-0.4, -0.2) is 66.8 Å². The molecule has 0 fully saturated rings. The van der Waals surface area contributed by atoms with Gasteiger partial charge in [0.15, 0.2) is 0 Å². The highest BCUT2D eigenvalue weighted by molar-refractivity contribution is 7.79. The molecule has 0 saturated carbocycles. The molecule has 0 N–H and O–H groups in total. The molecule has 0 aliphatic heterocycles. The van der Waals surface area contributed by atoms with Gasteiger partial charge in [-0.1, -0.05) is 282 Å². The van der Waals surface area contributed by atoms with Gasteiger partial charge in [-0.15, -0.1) is 0 Å². The molecule has 7 heteroatoms. The van der Waals surface area contributed by atoms with E-state index in [-0.39, 0.29) is 0 Å². The summed E-state index contributed by atoms with van der Waals surface area (Å²) in [6.45, 7) is 19.2. The van der Waals surface area contributed by atoms with E-state index in [2.05, 4.69) is 104 Å². The Morgan fingerprint density at radius 2 is 0.322 bits per heavy atom. The van der Waals surface area contributed by atoms with Gasteiger partial charge in [0.25, 0.3) is 0 Å². The predicted molar refractivity (Wildman–Crippen MR) is 404 cm³/mol. The van der Waals surface area contributed by atoms with Crippen LogP contribution in [0.4, 0.5) is 0 Å². The summed E-state index contributed by atoms with van der Waals surface area (Å²) in [4.78, 5) is 0. The number of allylic oxidation sites excluding steroid dienone is 8. The normalized spacial score (nSPS) is 12.3. The summed E-state index contributed by atoms with van der Waals surface area (Å²) in [6, 6.07) is 0. The van der Waals surface area contributed by atoms with Crippen molar-refractivity contribution in [3.8, 4) is 0 Å². The highest BCUT2D eigenvalue weighted by atomic mass is 32.3. The van der Waals surface area contributed by atoms with Crippen LogP contribution in [0.5, 0.6) is 0 Å². The second-order valence-electron chi connectivity index (χ2n) is 27.0. The molecule has 0 amide bonds. The van der Waals surface area contributed by atoms with Gasteiger partial charge < -0.3 is 9.11 Å². The Kier molecular flexibility index (Phi) is 79.8. The van der Waals surface area contributed by atoms with Gasteiger partial charge in [-0.2, -0.15) is 0 Å². The second-order valence-corrected chi connectivity index (χ2v) is 37.5. The molecule has 0 aromatic rings. The van der Waals surface area contributed by atoms with Crippen molar-refractivity contribution in [2.75, 3.05) is 49.3 Å². The van der Waals surface area contributed by atoms with E-state index in [1.165, 1.54) is 384 Å². The predicted octanol–water partition coefficient (Wildman–Crippen LogP) is 28.9. The number of rotatable bonds is 68. The highest BCUT2D eigenvalue weighted by Gasteiger charge is 2.32. The van der Waals surface area contributed by atoms with Crippen LogP contribution in [0.15, 0.2) is 48.6 Å². The molecule has 87 heavy (non-hydrogen) atoms.